The lowest BCUT2D eigenvalue weighted by Gasteiger charge is -2.18. The van der Waals surface area contributed by atoms with Crippen LogP contribution < -0.4 is 5.32 Å². The number of rotatable bonds is 6. The Morgan fingerprint density at radius 2 is 1.80 bits per heavy atom. The molecule has 3 aromatic rings. The highest BCUT2D eigenvalue weighted by Crippen LogP contribution is 2.11. The van der Waals surface area contributed by atoms with E-state index >= 15 is 0 Å². The SMILES string of the molecule is CN(CCc1ccccc1)C(=O)Nc1ccc(Cn2cccn2)cc1. The minimum atomic E-state index is -0.101. The summed E-state index contributed by atoms with van der Waals surface area (Å²) in [6, 6.07) is 19.8. The molecule has 0 fully saturated rings. The second kappa shape index (κ2) is 8.15. The van der Waals surface area contributed by atoms with Gasteiger partial charge in [0.2, 0.25) is 0 Å². The van der Waals surface area contributed by atoms with E-state index in [0.29, 0.717) is 6.54 Å². The molecule has 0 spiro atoms. The van der Waals surface area contributed by atoms with Crippen LogP contribution in [0.15, 0.2) is 73.1 Å². The maximum atomic E-state index is 12.3. The molecule has 0 aliphatic rings. The molecule has 1 aromatic heterocycles. The molecule has 3 rings (SSSR count). The van der Waals surface area contributed by atoms with Crippen molar-refractivity contribution in [3.05, 3.63) is 84.2 Å². The van der Waals surface area contributed by atoms with Gasteiger partial charge in [0.25, 0.3) is 0 Å². The molecule has 0 saturated heterocycles. The molecule has 0 atom stereocenters. The number of anilines is 1. The minimum Gasteiger partial charge on any atom is -0.327 e. The number of hydrogen-bond acceptors (Lipinski definition) is 2. The Hall–Kier alpha value is -3.08. The van der Waals surface area contributed by atoms with E-state index in [0.717, 1.165) is 24.2 Å². The maximum Gasteiger partial charge on any atom is 0.321 e. The molecule has 0 radical (unpaired) electrons. The summed E-state index contributed by atoms with van der Waals surface area (Å²) in [5.41, 5.74) is 3.16. The number of aromatic nitrogens is 2. The summed E-state index contributed by atoms with van der Waals surface area (Å²) in [5.74, 6) is 0. The third-order valence-electron chi connectivity index (χ3n) is 4.03. The molecule has 2 amide bonds. The molecule has 128 valence electrons. The number of hydrogen-bond donors (Lipinski definition) is 1. The number of carbonyl (C=O) groups excluding carboxylic acids is 1. The first-order valence-corrected chi connectivity index (χ1v) is 8.33. The average molecular weight is 334 g/mol. The van der Waals surface area contributed by atoms with Crippen molar-refractivity contribution in [1.82, 2.24) is 14.7 Å². The molecule has 0 saturated carbocycles. The first-order valence-electron chi connectivity index (χ1n) is 8.33. The lowest BCUT2D eigenvalue weighted by molar-refractivity contribution is 0.223. The first-order chi connectivity index (χ1) is 12.2. The second-order valence-corrected chi connectivity index (χ2v) is 5.99. The predicted molar refractivity (Wildman–Crippen MR) is 99.6 cm³/mol. The lowest BCUT2D eigenvalue weighted by atomic mass is 10.1. The van der Waals surface area contributed by atoms with Gasteiger partial charge in [-0.2, -0.15) is 5.10 Å². The highest BCUT2D eigenvalue weighted by atomic mass is 16.2. The summed E-state index contributed by atoms with van der Waals surface area (Å²) in [6.07, 6.45) is 4.53. The van der Waals surface area contributed by atoms with E-state index in [4.69, 9.17) is 0 Å². The fraction of sp³-hybridized carbons (Fsp3) is 0.200. The van der Waals surface area contributed by atoms with Crippen LogP contribution in [0.4, 0.5) is 10.5 Å². The third-order valence-corrected chi connectivity index (χ3v) is 4.03. The van der Waals surface area contributed by atoms with Crippen LogP contribution in [0.2, 0.25) is 0 Å². The Balaban J connectivity index is 1.50. The number of carbonyl (C=O) groups is 1. The number of benzene rings is 2. The Morgan fingerprint density at radius 3 is 2.48 bits per heavy atom. The largest absolute Gasteiger partial charge is 0.327 e. The van der Waals surface area contributed by atoms with Crippen molar-refractivity contribution in [1.29, 1.82) is 0 Å². The van der Waals surface area contributed by atoms with Crippen LogP contribution in [0.1, 0.15) is 11.1 Å². The van der Waals surface area contributed by atoms with Crippen LogP contribution in [-0.4, -0.2) is 34.3 Å². The van der Waals surface area contributed by atoms with E-state index in [2.05, 4.69) is 22.5 Å². The van der Waals surface area contributed by atoms with Gasteiger partial charge in [0.05, 0.1) is 6.54 Å². The summed E-state index contributed by atoms with van der Waals surface area (Å²) in [6.45, 7) is 1.39. The summed E-state index contributed by atoms with van der Waals surface area (Å²) < 4.78 is 1.87. The van der Waals surface area contributed by atoms with Crippen molar-refractivity contribution in [2.45, 2.75) is 13.0 Å². The van der Waals surface area contributed by atoms with Crippen molar-refractivity contribution in [2.24, 2.45) is 0 Å². The van der Waals surface area contributed by atoms with Gasteiger partial charge in [-0.3, -0.25) is 4.68 Å². The number of nitrogens with zero attached hydrogens (tertiary/aromatic N) is 3. The zero-order valence-corrected chi connectivity index (χ0v) is 14.3. The molecule has 2 aromatic carbocycles. The highest BCUT2D eigenvalue weighted by Gasteiger charge is 2.08. The van der Waals surface area contributed by atoms with E-state index in [1.807, 2.05) is 66.5 Å². The van der Waals surface area contributed by atoms with Crippen molar-refractivity contribution in [2.75, 3.05) is 18.9 Å². The topological polar surface area (TPSA) is 50.2 Å². The molecule has 0 unspecified atom stereocenters. The molecule has 1 N–H and O–H groups in total. The molecule has 0 bridgehead atoms. The summed E-state index contributed by atoms with van der Waals surface area (Å²) in [5, 5.41) is 7.12. The molecule has 0 aliphatic carbocycles. The van der Waals surface area contributed by atoms with Gasteiger partial charge < -0.3 is 10.2 Å². The van der Waals surface area contributed by atoms with Gasteiger partial charge >= 0.3 is 6.03 Å². The molecular weight excluding hydrogens is 312 g/mol. The normalized spacial score (nSPS) is 10.4. The molecule has 5 nitrogen and oxygen atoms in total. The van der Waals surface area contributed by atoms with Gasteiger partial charge in [-0.15, -0.1) is 0 Å². The van der Waals surface area contributed by atoms with Crippen LogP contribution in [0.25, 0.3) is 0 Å². The van der Waals surface area contributed by atoms with Gasteiger partial charge in [-0.25, -0.2) is 4.79 Å². The fourth-order valence-corrected chi connectivity index (χ4v) is 2.54. The first kappa shape index (κ1) is 16.8. The smallest absolute Gasteiger partial charge is 0.321 e. The standard InChI is InChI=1S/C20H22N4O/c1-23(15-12-17-6-3-2-4-7-17)20(25)22-19-10-8-18(9-11-19)16-24-14-5-13-21-24/h2-11,13-14H,12,15-16H2,1H3,(H,22,25). The summed E-state index contributed by atoms with van der Waals surface area (Å²) >= 11 is 0. The van der Waals surface area contributed by atoms with E-state index in [1.165, 1.54) is 5.56 Å². The summed E-state index contributed by atoms with van der Waals surface area (Å²) in [7, 11) is 1.81. The van der Waals surface area contributed by atoms with Crippen molar-refractivity contribution < 1.29 is 4.79 Å². The number of urea groups is 1. The third kappa shape index (κ3) is 4.94. The van der Waals surface area contributed by atoms with Crippen LogP contribution in [0.5, 0.6) is 0 Å². The van der Waals surface area contributed by atoms with Crippen molar-refractivity contribution >= 4 is 11.7 Å². The van der Waals surface area contributed by atoms with Gasteiger partial charge in [-0.05, 0) is 35.7 Å². The van der Waals surface area contributed by atoms with Gasteiger partial charge in [0.1, 0.15) is 0 Å². The minimum absolute atomic E-state index is 0.101. The van der Waals surface area contributed by atoms with Crippen molar-refractivity contribution in [3.8, 4) is 0 Å². The van der Waals surface area contributed by atoms with Crippen LogP contribution in [0, 0.1) is 0 Å². The molecule has 5 heteroatoms. The Labute approximate surface area is 147 Å². The van der Waals surface area contributed by atoms with Gasteiger partial charge in [0, 0.05) is 31.7 Å². The van der Waals surface area contributed by atoms with Crippen molar-refractivity contribution in [3.63, 3.8) is 0 Å². The number of amides is 2. The molecule has 0 aliphatic heterocycles. The highest BCUT2D eigenvalue weighted by molar-refractivity contribution is 5.89. The molecule has 25 heavy (non-hydrogen) atoms. The van der Waals surface area contributed by atoms with Crippen LogP contribution in [-0.2, 0) is 13.0 Å². The van der Waals surface area contributed by atoms with E-state index in [9.17, 15) is 4.79 Å². The second-order valence-electron chi connectivity index (χ2n) is 5.99. The van der Waals surface area contributed by atoms with E-state index in [1.54, 1.807) is 11.1 Å². The zero-order chi connectivity index (χ0) is 17.5. The maximum absolute atomic E-state index is 12.3. The Bertz CT molecular complexity index is 782. The van der Waals surface area contributed by atoms with E-state index in [-0.39, 0.29) is 6.03 Å². The Morgan fingerprint density at radius 1 is 1.04 bits per heavy atom. The van der Waals surface area contributed by atoms with Crippen LogP contribution in [0.3, 0.4) is 0 Å². The molecular formula is C20H22N4O. The fourth-order valence-electron chi connectivity index (χ4n) is 2.54. The van der Waals surface area contributed by atoms with Gasteiger partial charge in [0.15, 0.2) is 0 Å². The number of nitrogens with one attached hydrogen (secondary N) is 1. The predicted octanol–water partition coefficient (Wildman–Crippen LogP) is 3.64. The summed E-state index contributed by atoms with van der Waals surface area (Å²) in [4.78, 5) is 14.0. The molecule has 1 heterocycles. The average Bonchev–Trinajstić information content (AvgIpc) is 3.15. The monoisotopic (exact) mass is 334 g/mol. The lowest BCUT2D eigenvalue weighted by Crippen LogP contribution is -2.32. The zero-order valence-electron chi connectivity index (χ0n) is 14.3. The van der Waals surface area contributed by atoms with Gasteiger partial charge in [-0.1, -0.05) is 42.5 Å². The van der Waals surface area contributed by atoms with Crippen LogP contribution >= 0.6 is 0 Å². The Kier molecular flexibility index (Phi) is 5.46. The number of likely N-dealkylation sites (N-methyl/N-ethyl adjacent to an activating group) is 1. The van der Waals surface area contributed by atoms with E-state index < -0.39 is 0 Å². The quantitative estimate of drug-likeness (QED) is 0.748.